The quantitative estimate of drug-likeness (QED) is 0.351. The van der Waals surface area contributed by atoms with Crippen molar-refractivity contribution in [3.8, 4) is 0 Å². The van der Waals surface area contributed by atoms with E-state index in [1.807, 2.05) is 13.0 Å². The third-order valence-electron chi connectivity index (χ3n) is 4.56. The van der Waals surface area contributed by atoms with E-state index in [1.54, 1.807) is 11.4 Å². The predicted octanol–water partition coefficient (Wildman–Crippen LogP) is 2.55. The van der Waals surface area contributed by atoms with Crippen LogP contribution in [0.25, 0.3) is 0 Å². The van der Waals surface area contributed by atoms with Crippen LogP contribution in [-0.4, -0.2) is 37.3 Å². The summed E-state index contributed by atoms with van der Waals surface area (Å²) in [5, 5.41) is 11.7. The number of nitrogens with one attached hydrogen (secondary N) is 2. The highest BCUT2D eigenvalue weighted by atomic mass is 32.2. The van der Waals surface area contributed by atoms with Crippen molar-refractivity contribution in [1.29, 1.82) is 0 Å². The Kier molecular flexibility index (Phi) is 6.82. The molecule has 0 atom stereocenters. The summed E-state index contributed by atoms with van der Waals surface area (Å²) in [7, 11) is 0.191. The zero-order valence-electron chi connectivity index (χ0n) is 16.5. The van der Waals surface area contributed by atoms with Crippen molar-refractivity contribution < 1.29 is 37.2 Å². The van der Waals surface area contributed by atoms with E-state index in [0.717, 1.165) is 23.1 Å². The Hall–Kier alpha value is -2.70. The predicted molar refractivity (Wildman–Crippen MR) is 110 cm³/mol. The number of benzene rings is 2. The number of methoxy groups -OCH3 is 1. The number of ether oxygens (including phenoxy) is 1. The molecule has 0 aromatic heterocycles. The number of hydrogen-bond acceptors (Lipinski definition) is 7. The Labute approximate surface area is 180 Å². The zero-order chi connectivity index (χ0) is 22.8. The van der Waals surface area contributed by atoms with Crippen LogP contribution < -0.4 is 15.5 Å². The molecule has 12 heteroatoms. The van der Waals surface area contributed by atoms with E-state index < -0.39 is 25.2 Å². The van der Waals surface area contributed by atoms with Crippen molar-refractivity contribution in [2.24, 2.45) is 0 Å². The van der Waals surface area contributed by atoms with E-state index in [9.17, 15) is 27.8 Å². The summed E-state index contributed by atoms with van der Waals surface area (Å²) in [6.07, 6.45) is -5.23. The second-order valence-corrected chi connectivity index (χ2v) is 7.61. The first kappa shape index (κ1) is 23.0. The fourth-order valence-corrected chi connectivity index (χ4v) is 3.78. The van der Waals surface area contributed by atoms with Gasteiger partial charge >= 0.3 is 25.2 Å². The average Bonchev–Trinajstić information content (AvgIpc) is 3.06. The molecule has 0 bridgehead atoms. The number of alkyl halides is 3. The van der Waals surface area contributed by atoms with Gasteiger partial charge in [-0.15, -0.1) is 0 Å². The lowest BCUT2D eigenvalue weighted by Gasteiger charge is -2.15. The van der Waals surface area contributed by atoms with Crippen LogP contribution in [-0.2, 0) is 32.0 Å². The van der Waals surface area contributed by atoms with Crippen molar-refractivity contribution in [2.75, 3.05) is 17.1 Å². The Balaban J connectivity index is 1.82. The molecule has 1 heterocycles. The molecular weight excluding hydrogens is 436 g/mol. The largest absolute Gasteiger partial charge is 0.491 e. The molecule has 0 radical (unpaired) electrons. The van der Waals surface area contributed by atoms with Crippen LogP contribution in [0.4, 0.5) is 24.5 Å². The molecule has 3 N–H and O–H groups in total. The molecule has 0 unspecified atom stereocenters. The Bertz CT molecular complexity index is 1020. The van der Waals surface area contributed by atoms with E-state index in [0.29, 0.717) is 28.2 Å². The van der Waals surface area contributed by atoms with Gasteiger partial charge in [0.05, 0.1) is 20.1 Å². The normalized spacial score (nSPS) is 13.0. The number of fused-ring (bicyclic) bond motifs is 1. The molecule has 31 heavy (non-hydrogen) atoms. The van der Waals surface area contributed by atoms with Crippen LogP contribution in [0.5, 0.6) is 0 Å². The highest BCUT2D eigenvalue weighted by Gasteiger charge is 2.38. The fourth-order valence-electron chi connectivity index (χ4n) is 2.94. The van der Waals surface area contributed by atoms with Crippen LogP contribution in [0.1, 0.15) is 16.7 Å². The molecule has 3 rings (SSSR count). The molecule has 0 fully saturated rings. The standard InChI is InChI=1S/C19H18BF3N2O5S/c1-10-5-12-9-30-20(28)14(12)8-15(10)25-31-16-4-3-13(24-18(27)19(21,22)23)6-11(16)7-17(26)29-2/h3-6,8,25,28H,7,9H2,1-2H3,(H,24,27). The maximum Gasteiger partial charge on any atom is 0.491 e. The molecule has 1 amide bonds. The van der Waals surface area contributed by atoms with Crippen molar-refractivity contribution in [3.63, 3.8) is 0 Å². The van der Waals surface area contributed by atoms with Gasteiger partial charge in [-0.05, 0) is 65.3 Å². The second kappa shape index (κ2) is 9.21. The van der Waals surface area contributed by atoms with Crippen molar-refractivity contribution in [3.05, 3.63) is 47.0 Å². The maximum atomic E-state index is 12.5. The summed E-state index contributed by atoms with van der Waals surface area (Å²) in [6.45, 7) is 2.19. The van der Waals surface area contributed by atoms with Crippen LogP contribution in [0, 0.1) is 6.92 Å². The summed E-state index contributed by atoms with van der Waals surface area (Å²) in [5.41, 5.74) is 3.40. The van der Waals surface area contributed by atoms with Gasteiger partial charge in [0.15, 0.2) is 0 Å². The van der Waals surface area contributed by atoms with Crippen LogP contribution in [0.2, 0.25) is 0 Å². The first-order valence-corrected chi connectivity index (χ1v) is 9.84. The lowest BCUT2D eigenvalue weighted by Crippen LogP contribution is -2.30. The van der Waals surface area contributed by atoms with Gasteiger partial charge in [0, 0.05) is 16.3 Å². The molecule has 7 nitrogen and oxygen atoms in total. The third-order valence-corrected chi connectivity index (χ3v) is 5.50. The molecule has 0 saturated heterocycles. The summed E-state index contributed by atoms with van der Waals surface area (Å²) >= 11 is 1.13. The summed E-state index contributed by atoms with van der Waals surface area (Å²) in [6, 6.07) is 7.73. The maximum absolute atomic E-state index is 12.5. The third kappa shape index (κ3) is 5.52. The van der Waals surface area contributed by atoms with Gasteiger partial charge in [-0.25, -0.2) is 0 Å². The summed E-state index contributed by atoms with van der Waals surface area (Å²) < 4.78 is 50.5. The number of hydrogen-bond donors (Lipinski definition) is 3. The molecule has 2 aromatic carbocycles. The van der Waals surface area contributed by atoms with Crippen molar-refractivity contribution in [1.82, 2.24) is 0 Å². The average molecular weight is 454 g/mol. The number of rotatable bonds is 6. The van der Waals surface area contributed by atoms with E-state index in [2.05, 4.69) is 9.46 Å². The van der Waals surface area contributed by atoms with E-state index in [1.165, 1.54) is 25.3 Å². The Morgan fingerprint density at radius 3 is 2.71 bits per heavy atom. The SMILES string of the molecule is COC(=O)Cc1cc(NC(=O)C(F)(F)F)ccc1SNc1cc2c(cc1C)COB2O. The Morgan fingerprint density at radius 1 is 1.29 bits per heavy atom. The molecule has 0 aliphatic carbocycles. The van der Waals surface area contributed by atoms with Gasteiger partial charge in [-0.2, -0.15) is 13.2 Å². The summed E-state index contributed by atoms with van der Waals surface area (Å²) in [5.74, 6) is -2.69. The fraction of sp³-hybridized carbons (Fsp3) is 0.263. The first-order valence-electron chi connectivity index (χ1n) is 9.02. The van der Waals surface area contributed by atoms with Gasteiger partial charge in [0.25, 0.3) is 0 Å². The zero-order valence-corrected chi connectivity index (χ0v) is 17.3. The topological polar surface area (TPSA) is 96.9 Å². The van der Waals surface area contributed by atoms with Crippen molar-refractivity contribution >= 4 is 47.8 Å². The number of aryl methyl sites for hydroxylation is 1. The van der Waals surface area contributed by atoms with Gasteiger partial charge in [0.2, 0.25) is 0 Å². The van der Waals surface area contributed by atoms with E-state index >= 15 is 0 Å². The molecule has 2 aromatic rings. The number of halogens is 3. The number of carbonyl (C=O) groups is 2. The lowest BCUT2D eigenvalue weighted by atomic mass is 9.79. The van der Waals surface area contributed by atoms with Crippen LogP contribution in [0.15, 0.2) is 35.2 Å². The summed E-state index contributed by atoms with van der Waals surface area (Å²) in [4.78, 5) is 23.5. The minimum absolute atomic E-state index is 0.0976. The number of anilines is 2. The molecule has 0 saturated carbocycles. The minimum Gasteiger partial charge on any atom is -0.469 e. The molecule has 0 spiro atoms. The molecule has 1 aliphatic heterocycles. The molecule has 164 valence electrons. The van der Waals surface area contributed by atoms with Gasteiger partial charge in [-0.3, -0.25) is 9.59 Å². The monoisotopic (exact) mass is 454 g/mol. The van der Waals surface area contributed by atoms with E-state index in [-0.39, 0.29) is 12.1 Å². The van der Waals surface area contributed by atoms with Gasteiger partial charge in [0.1, 0.15) is 0 Å². The Morgan fingerprint density at radius 2 is 2.03 bits per heavy atom. The van der Waals surface area contributed by atoms with Crippen LogP contribution >= 0.6 is 11.9 Å². The molecular formula is C19H18BF3N2O5S. The van der Waals surface area contributed by atoms with Gasteiger partial charge in [-0.1, -0.05) is 6.07 Å². The van der Waals surface area contributed by atoms with E-state index in [4.69, 9.17) is 4.65 Å². The number of carbonyl (C=O) groups excluding carboxylic acids is 2. The van der Waals surface area contributed by atoms with Crippen molar-refractivity contribution in [2.45, 2.75) is 31.0 Å². The van der Waals surface area contributed by atoms with Crippen LogP contribution in [0.3, 0.4) is 0 Å². The highest BCUT2D eigenvalue weighted by Crippen LogP contribution is 2.30. The first-order chi connectivity index (χ1) is 14.6. The number of esters is 1. The highest BCUT2D eigenvalue weighted by molar-refractivity contribution is 8.00. The minimum atomic E-state index is -5.03. The van der Waals surface area contributed by atoms with Gasteiger partial charge < -0.3 is 24.5 Å². The number of amides is 1. The smallest absolute Gasteiger partial charge is 0.469 e. The lowest BCUT2D eigenvalue weighted by molar-refractivity contribution is -0.167. The second-order valence-electron chi connectivity index (χ2n) is 6.76. The molecule has 1 aliphatic rings.